The Balaban J connectivity index is 1.47. The van der Waals surface area contributed by atoms with Crippen LogP contribution in [0, 0.1) is 5.82 Å². The number of ether oxygens (including phenoxy) is 1. The molecule has 4 rings (SSSR count). The number of rotatable bonds is 6. The molecule has 0 aliphatic carbocycles. The molecule has 0 aliphatic rings. The number of nitrogens with one attached hydrogen (secondary N) is 1. The van der Waals surface area contributed by atoms with E-state index >= 15 is 0 Å². The first-order valence-electron chi connectivity index (χ1n) is 9.07. The molecule has 144 valence electrons. The summed E-state index contributed by atoms with van der Waals surface area (Å²) in [6.07, 6.45) is 0.00587. The van der Waals surface area contributed by atoms with Gasteiger partial charge in [0.1, 0.15) is 18.2 Å². The number of fused-ring (bicyclic) bond motifs is 1. The number of halogens is 1. The molecule has 1 aromatic heterocycles. The minimum absolute atomic E-state index is 0.00587. The number of esters is 1. The lowest BCUT2D eigenvalue weighted by molar-refractivity contribution is 0.0472. The third-order valence-electron chi connectivity index (χ3n) is 4.45. The van der Waals surface area contributed by atoms with Crippen LogP contribution in [0.15, 0.2) is 72.8 Å². The number of carbonyl (C=O) groups is 2. The highest BCUT2D eigenvalue weighted by Gasteiger charge is 2.14. The number of carbonyl (C=O) groups excluding carboxylic acids is 2. The van der Waals surface area contributed by atoms with Gasteiger partial charge < -0.3 is 9.72 Å². The number of imidazole rings is 1. The highest BCUT2D eigenvalue weighted by atomic mass is 19.1. The van der Waals surface area contributed by atoms with Crippen LogP contribution in [-0.4, -0.2) is 21.7 Å². The Labute approximate surface area is 166 Å². The SMILES string of the molecule is O=C(Cc1nc2ccc(C(=O)OCc3ccccc3)cc2[nH]1)c1cccc(F)c1. The molecule has 0 radical (unpaired) electrons. The van der Waals surface area contributed by atoms with Crippen molar-refractivity contribution in [2.45, 2.75) is 13.0 Å². The van der Waals surface area contributed by atoms with E-state index in [9.17, 15) is 14.0 Å². The van der Waals surface area contributed by atoms with Crippen molar-refractivity contribution in [3.63, 3.8) is 0 Å². The molecule has 0 atom stereocenters. The van der Waals surface area contributed by atoms with E-state index in [1.165, 1.54) is 18.2 Å². The average Bonchev–Trinajstić information content (AvgIpc) is 3.14. The van der Waals surface area contributed by atoms with Gasteiger partial charge in [0.05, 0.1) is 23.0 Å². The van der Waals surface area contributed by atoms with Gasteiger partial charge in [-0.05, 0) is 35.9 Å². The van der Waals surface area contributed by atoms with Gasteiger partial charge in [0, 0.05) is 5.56 Å². The summed E-state index contributed by atoms with van der Waals surface area (Å²) in [5, 5.41) is 0. The smallest absolute Gasteiger partial charge is 0.338 e. The molecule has 4 aromatic rings. The van der Waals surface area contributed by atoms with Crippen LogP contribution in [0.25, 0.3) is 11.0 Å². The first kappa shape index (κ1) is 18.6. The molecular weight excluding hydrogens is 371 g/mol. The zero-order valence-corrected chi connectivity index (χ0v) is 15.4. The third kappa shape index (κ3) is 4.38. The van der Waals surface area contributed by atoms with E-state index in [0.29, 0.717) is 22.4 Å². The molecule has 0 spiro atoms. The summed E-state index contributed by atoms with van der Waals surface area (Å²) in [6, 6.07) is 19.9. The van der Waals surface area contributed by atoms with Gasteiger partial charge in [0.2, 0.25) is 0 Å². The number of ketones is 1. The standard InChI is InChI=1S/C23H17FN2O3/c24-18-8-4-7-16(11-18)21(27)13-22-25-19-10-9-17(12-20(19)26-22)23(28)29-14-15-5-2-1-3-6-15/h1-12H,13-14H2,(H,25,26). The summed E-state index contributed by atoms with van der Waals surface area (Å²) in [5.41, 5.74) is 2.84. The van der Waals surface area contributed by atoms with Crippen molar-refractivity contribution in [1.29, 1.82) is 0 Å². The minimum atomic E-state index is -0.459. The summed E-state index contributed by atoms with van der Waals surface area (Å²) >= 11 is 0. The van der Waals surface area contributed by atoms with Crippen LogP contribution in [-0.2, 0) is 17.8 Å². The van der Waals surface area contributed by atoms with E-state index in [0.717, 1.165) is 5.56 Å². The summed E-state index contributed by atoms with van der Waals surface area (Å²) in [7, 11) is 0. The van der Waals surface area contributed by atoms with Gasteiger partial charge >= 0.3 is 5.97 Å². The van der Waals surface area contributed by atoms with Gasteiger partial charge in [-0.1, -0.05) is 42.5 Å². The highest BCUT2D eigenvalue weighted by molar-refractivity contribution is 5.98. The maximum Gasteiger partial charge on any atom is 0.338 e. The molecule has 1 heterocycles. The zero-order valence-electron chi connectivity index (χ0n) is 15.4. The van der Waals surface area contributed by atoms with Gasteiger partial charge in [-0.2, -0.15) is 0 Å². The summed E-state index contributed by atoms with van der Waals surface area (Å²) < 4.78 is 18.6. The summed E-state index contributed by atoms with van der Waals surface area (Å²) in [5.74, 6) is -0.697. The first-order valence-corrected chi connectivity index (χ1v) is 9.07. The number of benzene rings is 3. The van der Waals surface area contributed by atoms with Crippen LogP contribution in [0.3, 0.4) is 0 Å². The molecule has 0 unspecified atom stereocenters. The minimum Gasteiger partial charge on any atom is -0.457 e. The molecule has 0 saturated carbocycles. The fraction of sp³-hybridized carbons (Fsp3) is 0.0870. The van der Waals surface area contributed by atoms with Gasteiger partial charge in [-0.15, -0.1) is 0 Å². The molecule has 0 amide bonds. The summed E-state index contributed by atoms with van der Waals surface area (Å²) in [6.45, 7) is 0.189. The summed E-state index contributed by atoms with van der Waals surface area (Å²) in [4.78, 5) is 32.1. The van der Waals surface area contributed by atoms with Crippen molar-refractivity contribution in [2.24, 2.45) is 0 Å². The molecule has 0 bridgehead atoms. The fourth-order valence-electron chi connectivity index (χ4n) is 3.00. The van der Waals surface area contributed by atoms with Crippen molar-refractivity contribution >= 4 is 22.8 Å². The Morgan fingerprint density at radius 1 is 0.931 bits per heavy atom. The zero-order chi connectivity index (χ0) is 20.2. The number of aromatic amines is 1. The normalized spacial score (nSPS) is 10.8. The first-order chi connectivity index (χ1) is 14.1. The van der Waals surface area contributed by atoms with Crippen LogP contribution >= 0.6 is 0 Å². The molecule has 6 heteroatoms. The Bertz CT molecular complexity index is 1190. The largest absolute Gasteiger partial charge is 0.457 e. The highest BCUT2D eigenvalue weighted by Crippen LogP contribution is 2.17. The molecular formula is C23H17FN2O3. The lowest BCUT2D eigenvalue weighted by atomic mass is 10.1. The second kappa shape index (κ2) is 8.06. The van der Waals surface area contributed by atoms with Gasteiger partial charge in [-0.3, -0.25) is 4.79 Å². The third-order valence-corrected chi connectivity index (χ3v) is 4.45. The van der Waals surface area contributed by atoms with E-state index in [4.69, 9.17) is 4.74 Å². The van der Waals surface area contributed by atoms with Gasteiger partial charge in [0.25, 0.3) is 0 Å². The number of aromatic nitrogens is 2. The van der Waals surface area contributed by atoms with Crippen molar-refractivity contribution < 1.29 is 18.7 Å². The average molecular weight is 388 g/mol. The number of hydrogen-bond acceptors (Lipinski definition) is 4. The van der Waals surface area contributed by atoms with Crippen LogP contribution in [0.1, 0.15) is 32.1 Å². The van der Waals surface area contributed by atoms with Gasteiger partial charge in [0.15, 0.2) is 5.78 Å². The predicted octanol–water partition coefficient (Wildman–Crippen LogP) is 4.48. The van der Waals surface area contributed by atoms with E-state index in [2.05, 4.69) is 9.97 Å². The molecule has 0 aliphatic heterocycles. The molecule has 29 heavy (non-hydrogen) atoms. The van der Waals surface area contributed by atoms with Crippen molar-refractivity contribution in [2.75, 3.05) is 0 Å². The molecule has 0 saturated heterocycles. The molecule has 3 aromatic carbocycles. The topological polar surface area (TPSA) is 72.1 Å². The molecule has 1 N–H and O–H groups in total. The van der Waals surface area contributed by atoms with Crippen molar-refractivity contribution in [3.8, 4) is 0 Å². The van der Waals surface area contributed by atoms with Gasteiger partial charge in [-0.25, -0.2) is 14.2 Å². The molecule has 5 nitrogen and oxygen atoms in total. The van der Waals surface area contributed by atoms with Crippen LogP contribution in [0.2, 0.25) is 0 Å². The Morgan fingerprint density at radius 2 is 1.76 bits per heavy atom. The van der Waals surface area contributed by atoms with E-state index < -0.39 is 11.8 Å². The lowest BCUT2D eigenvalue weighted by Crippen LogP contribution is -2.05. The van der Waals surface area contributed by atoms with Crippen LogP contribution in [0.5, 0.6) is 0 Å². The second-order valence-electron chi connectivity index (χ2n) is 6.59. The monoisotopic (exact) mass is 388 g/mol. The van der Waals surface area contributed by atoms with Crippen LogP contribution < -0.4 is 0 Å². The fourth-order valence-corrected chi connectivity index (χ4v) is 3.00. The quantitative estimate of drug-likeness (QED) is 0.390. The predicted molar refractivity (Wildman–Crippen MR) is 106 cm³/mol. The lowest BCUT2D eigenvalue weighted by Gasteiger charge is -2.04. The Hall–Kier alpha value is -3.80. The van der Waals surface area contributed by atoms with Crippen molar-refractivity contribution in [1.82, 2.24) is 9.97 Å². The number of nitrogens with zero attached hydrogens (tertiary/aromatic N) is 1. The number of hydrogen-bond donors (Lipinski definition) is 1. The van der Waals surface area contributed by atoms with Crippen molar-refractivity contribution in [3.05, 3.63) is 101 Å². The van der Waals surface area contributed by atoms with E-state index in [1.54, 1.807) is 24.3 Å². The van der Waals surface area contributed by atoms with Crippen LogP contribution in [0.4, 0.5) is 4.39 Å². The van der Waals surface area contributed by atoms with E-state index in [1.807, 2.05) is 30.3 Å². The molecule has 0 fully saturated rings. The Kier molecular flexibility index (Phi) is 5.16. The number of H-pyrrole nitrogens is 1. The second-order valence-corrected chi connectivity index (χ2v) is 6.59. The Morgan fingerprint density at radius 3 is 2.55 bits per heavy atom. The van der Waals surface area contributed by atoms with E-state index in [-0.39, 0.29) is 24.4 Å². The maximum atomic E-state index is 13.3. The number of Topliss-reactive ketones (excluding diaryl/α,β-unsaturated/α-hetero) is 1. The maximum absolute atomic E-state index is 13.3.